The second-order valence-electron chi connectivity index (χ2n) is 5.27. The van der Waals surface area contributed by atoms with Gasteiger partial charge in [-0.1, -0.05) is 35.0 Å². The molecule has 9 heteroatoms. The molecule has 0 aliphatic heterocycles. The summed E-state index contributed by atoms with van der Waals surface area (Å²) in [5.41, 5.74) is 1.59. The maximum atomic E-state index is 6.23. The first-order chi connectivity index (χ1) is 12.5. The first kappa shape index (κ1) is 18.7. The minimum atomic E-state index is 0.442. The summed E-state index contributed by atoms with van der Waals surface area (Å²) in [6, 6.07) is 10.7. The number of hydrogen-bond donors (Lipinski definition) is 1. The summed E-state index contributed by atoms with van der Waals surface area (Å²) < 4.78 is 12.1. The summed E-state index contributed by atoms with van der Waals surface area (Å²) in [5, 5.41) is 9.88. The summed E-state index contributed by atoms with van der Waals surface area (Å²) in [6.07, 6.45) is 0. The first-order valence-corrected chi connectivity index (χ1v) is 9.27. The van der Waals surface area contributed by atoms with Gasteiger partial charge >= 0.3 is 0 Å². The van der Waals surface area contributed by atoms with Crippen LogP contribution in [0.2, 0.25) is 10.0 Å². The van der Waals surface area contributed by atoms with Crippen molar-refractivity contribution >= 4 is 35.0 Å². The van der Waals surface area contributed by atoms with Crippen molar-refractivity contribution < 1.29 is 9.47 Å². The molecule has 0 fully saturated rings. The monoisotopic (exact) mass is 410 g/mol. The van der Waals surface area contributed by atoms with Crippen LogP contribution < -0.4 is 15.3 Å². The fourth-order valence-electron chi connectivity index (χ4n) is 2.37. The van der Waals surface area contributed by atoms with Gasteiger partial charge in [-0.25, -0.2) is 4.68 Å². The third kappa shape index (κ3) is 3.85. The number of thioether (sulfide) groups is 1. The lowest BCUT2D eigenvalue weighted by molar-refractivity contribution is 0.400. The molecule has 6 nitrogen and oxygen atoms in total. The molecule has 0 radical (unpaired) electrons. The highest BCUT2D eigenvalue weighted by atomic mass is 35.5. The lowest BCUT2D eigenvalue weighted by Crippen LogP contribution is -2.11. The molecule has 0 aliphatic rings. The minimum absolute atomic E-state index is 0.442. The number of ether oxygens (including phenoxy) is 2. The summed E-state index contributed by atoms with van der Waals surface area (Å²) in [7, 11) is 3.25. The van der Waals surface area contributed by atoms with Gasteiger partial charge in [-0.05, 0) is 36.4 Å². The van der Waals surface area contributed by atoms with E-state index in [0.717, 1.165) is 17.1 Å². The quantitative estimate of drug-likeness (QED) is 0.482. The van der Waals surface area contributed by atoms with Crippen molar-refractivity contribution in [1.82, 2.24) is 14.9 Å². The van der Waals surface area contributed by atoms with Crippen LogP contribution in [-0.4, -0.2) is 29.1 Å². The van der Waals surface area contributed by atoms with Gasteiger partial charge in [-0.2, -0.15) is 0 Å². The van der Waals surface area contributed by atoms with Crippen LogP contribution >= 0.6 is 35.0 Å². The highest BCUT2D eigenvalue weighted by molar-refractivity contribution is 7.98. The third-order valence-electron chi connectivity index (χ3n) is 3.68. The molecule has 136 valence electrons. The van der Waals surface area contributed by atoms with Crippen molar-refractivity contribution in [3.63, 3.8) is 0 Å². The SMILES string of the molecule is COc1ccc(OC)c(CSc2nnc(-c3cc(Cl)ccc3Cl)n2N)c1. The number of rotatable bonds is 6. The third-order valence-corrected chi connectivity index (χ3v) is 5.23. The molecule has 0 saturated heterocycles. The Morgan fingerprint density at radius 2 is 1.88 bits per heavy atom. The van der Waals surface area contributed by atoms with Crippen LogP contribution in [0.4, 0.5) is 0 Å². The lowest BCUT2D eigenvalue weighted by atomic mass is 10.2. The number of methoxy groups -OCH3 is 2. The predicted molar refractivity (Wildman–Crippen MR) is 105 cm³/mol. The first-order valence-electron chi connectivity index (χ1n) is 7.53. The highest BCUT2D eigenvalue weighted by Crippen LogP contribution is 2.33. The van der Waals surface area contributed by atoms with E-state index in [0.29, 0.717) is 32.3 Å². The van der Waals surface area contributed by atoms with Gasteiger partial charge < -0.3 is 15.3 Å². The zero-order valence-corrected chi connectivity index (χ0v) is 16.4. The van der Waals surface area contributed by atoms with E-state index in [4.69, 9.17) is 38.5 Å². The van der Waals surface area contributed by atoms with Gasteiger partial charge in [0, 0.05) is 21.9 Å². The van der Waals surface area contributed by atoms with E-state index in [2.05, 4.69) is 10.2 Å². The fraction of sp³-hybridized carbons (Fsp3) is 0.176. The average Bonchev–Trinajstić information content (AvgIpc) is 3.02. The second kappa shape index (κ2) is 8.07. The van der Waals surface area contributed by atoms with Crippen LogP contribution in [0.15, 0.2) is 41.6 Å². The molecule has 1 aromatic heterocycles. The second-order valence-corrected chi connectivity index (χ2v) is 7.05. The standard InChI is InChI=1S/C17H16Cl2N4O2S/c1-24-12-4-6-15(25-2)10(7-12)9-26-17-22-21-16(23(17)20)13-8-11(18)3-5-14(13)19/h3-8H,9,20H2,1-2H3. The zero-order chi connectivity index (χ0) is 18.7. The smallest absolute Gasteiger partial charge is 0.210 e. The molecular weight excluding hydrogens is 395 g/mol. The Labute approximate surface area is 165 Å². The molecule has 0 saturated carbocycles. The normalized spacial score (nSPS) is 10.8. The Hall–Kier alpha value is -2.09. The van der Waals surface area contributed by atoms with E-state index in [1.54, 1.807) is 32.4 Å². The predicted octanol–water partition coefficient (Wildman–Crippen LogP) is 4.28. The average molecular weight is 411 g/mol. The summed E-state index contributed by atoms with van der Waals surface area (Å²) in [4.78, 5) is 0. The minimum Gasteiger partial charge on any atom is -0.497 e. The van der Waals surface area contributed by atoms with E-state index >= 15 is 0 Å². The molecule has 0 aliphatic carbocycles. The number of aromatic nitrogens is 3. The number of hydrogen-bond acceptors (Lipinski definition) is 6. The van der Waals surface area contributed by atoms with Crippen LogP contribution in [-0.2, 0) is 5.75 Å². The van der Waals surface area contributed by atoms with Gasteiger partial charge in [0.25, 0.3) is 0 Å². The van der Waals surface area contributed by atoms with Crippen LogP contribution in [0.5, 0.6) is 11.5 Å². The molecule has 2 aromatic carbocycles. The van der Waals surface area contributed by atoms with E-state index in [1.165, 1.54) is 16.4 Å². The highest BCUT2D eigenvalue weighted by Gasteiger charge is 2.16. The molecule has 0 bridgehead atoms. The van der Waals surface area contributed by atoms with Crippen molar-refractivity contribution in [3.05, 3.63) is 52.0 Å². The molecule has 2 N–H and O–H groups in total. The van der Waals surface area contributed by atoms with Crippen molar-refractivity contribution in [3.8, 4) is 22.9 Å². The van der Waals surface area contributed by atoms with E-state index in [1.807, 2.05) is 18.2 Å². The number of nitrogen functional groups attached to an aromatic ring is 1. The number of nitrogens with two attached hydrogens (primary N) is 1. The molecular formula is C17H16Cl2N4O2S. The van der Waals surface area contributed by atoms with Gasteiger partial charge in [0.1, 0.15) is 11.5 Å². The van der Waals surface area contributed by atoms with E-state index in [-0.39, 0.29) is 0 Å². The Morgan fingerprint density at radius 3 is 2.62 bits per heavy atom. The molecule has 0 spiro atoms. The van der Waals surface area contributed by atoms with Crippen LogP contribution in [0, 0.1) is 0 Å². The number of benzene rings is 2. The summed E-state index contributed by atoms with van der Waals surface area (Å²) in [6.45, 7) is 0. The van der Waals surface area contributed by atoms with E-state index < -0.39 is 0 Å². The lowest BCUT2D eigenvalue weighted by Gasteiger charge is -2.10. The molecule has 3 rings (SSSR count). The van der Waals surface area contributed by atoms with Gasteiger partial charge in [0.2, 0.25) is 5.16 Å². The Balaban J connectivity index is 1.85. The molecule has 0 unspecified atom stereocenters. The molecule has 3 aromatic rings. The fourth-order valence-corrected chi connectivity index (χ4v) is 3.57. The van der Waals surface area contributed by atoms with Crippen molar-refractivity contribution in [2.75, 3.05) is 20.1 Å². The maximum absolute atomic E-state index is 6.23. The largest absolute Gasteiger partial charge is 0.497 e. The van der Waals surface area contributed by atoms with Crippen molar-refractivity contribution in [2.24, 2.45) is 0 Å². The topological polar surface area (TPSA) is 75.2 Å². The maximum Gasteiger partial charge on any atom is 0.210 e. The van der Waals surface area contributed by atoms with Gasteiger partial charge in [0.05, 0.1) is 19.2 Å². The molecule has 0 amide bonds. The van der Waals surface area contributed by atoms with Crippen molar-refractivity contribution in [2.45, 2.75) is 10.9 Å². The Morgan fingerprint density at radius 1 is 1.08 bits per heavy atom. The van der Waals surface area contributed by atoms with Crippen LogP contribution in [0.3, 0.4) is 0 Å². The van der Waals surface area contributed by atoms with Gasteiger partial charge in [-0.15, -0.1) is 10.2 Å². The van der Waals surface area contributed by atoms with Crippen LogP contribution in [0.25, 0.3) is 11.4 Å². The number of halogens is 2. The van der Waals surface area contributed by atoms with Crippen molar-refractivity contribution in [1.29, 1.82) is 0 Å². The van der Waals surface area contributed by atoms with Crippen LogP contribution in [0.1, 0.15) is 5.56 Å². The number of nitrogens with zero attached hydrogens (tertiary/aromatic N) is 3. The van der Waals surface area contributed by atoms with Gasteiger partial charge in [-0.3, -0.25) is 0 Å². The van der Waals surface area contributed by atoms with E-state index in [9.17, 15) is 0 Å². The molecule has 1 heterocycles. The summed E-state index contributed by atoms with van der Waals surface area (Å²) >= 11 is 13.7. The molecule has 0 atom stereocenters. The Bertz CT molecular complexity index is 933. The zero-order valence-electron chi connectivity index (χ0n) is 14.1. The summed E-state index contributed by atoms with van der Waals surface area (Å²) in [5.74, 6) is 8.70. The Kier molecular flexibility index (Phi) is 5.80. The van der Waals surface area contributed by atoms with Gasteiger partial charge in [0.15, 0.2) is 5.82 Å². The molecule has 26 heavy (non-hydrogen) atoms.